The van der Waals surface area contributed by atoms with Gasteiger partial charge in [-0.05, 0) is 48.9 Å². The Morgan fingerprint density at radius 3 is 1.89 bits per heavy atom. The van der Waals surface area contributed by atoms with Crippen molar-refractivity contribution in [2.45, 2.75) is 25.2 Å². The smallest absolute Gasteiger partial charge is 0.314 e. The van der Waals surface area contributed by atoms with Crippen LogP contribution in [0.3, 0.4) is 0 Å². The Bertz CT molecular complexity index is 1220. The van der Waals surface area contributed by atoms with Gasteiger partial charge in [0.05, 0.1) is 22.7 Å². The zero-order valence-electron chi connectivity index (χ0n) is 18.3. The van der Waals surface area contributed by atoms with Crippen molar-refractivity contribution in [2.75, 3.05) is 11.9 Å². The molecule has 1 amide bonds. The molecule has 0 aliphatic heterocycles. The summed E-state index contributed by atoms with van der Waals surface area (Å²) < 4.78 is 79.5. The van der Waals surface area contributed by atoms with Crippen LogP contribution in [0.4, 0.5) is 32.0 Å². The van der Waals surface area contributed by atoms with Gasteiger partial charge in [0.15, 0.2) is 5.78 Å². The fourth-order valence-corrected chi connectivity index (χ4v) is 3.68. The van der Waals surface area contributed by atoms with E-state index in [-0.39, 0.29) is 22.3 Å². The van der Waals surface area contributed by atoms with Crippen molar-refractivity contribution >= 4 is 29.0 Å². The molecule has 184 valence electrons. The summed E-state index contributed by atoms with van der Waals surface area (Å²) in [5.41, 5.74) is -3.05. The lowest BCUT2D eigenvalue weighted by Crippen LogP contribution is -2.32. The number of alkyl halides is 6. The van der Waals surface area contributed by atoms with Gasteiger partial charge in [0.25, 0.3) is 0 Å². The van der Waals surface area contributed by atoms with Crippen LogP contribution in [0.2, 0.25) is 5.02 Å². The van der Waals surface area contributed by atoms with Crippen LogP contribution in [-0.4, -0.2) is 18.7 Å². The summed E-state index contributed by atoms with van der Waals surface area (Å²) in [6.45, 7) is 1.20. The van der Waals surface area contributed by atoms with Gasteiger partial charge < -0.3 is 4.90 Å². The van der Waals surface area contributed by atoms with Gasteiger partial charge in [-0.15, -0.1) is 0 Å². The van der Waals surface area contributed by atoms with Gasteiger partial charge in [-0.2, -0.15) is 26.3 Å². The van der Waals surface area contributed by atoms with E-state index in [0.29, 0.717) is 17.7 Å². The molecule has 0 radical (unpaired) electrons. The highest BCUT2D eigenvalue weighted by Crippen LogP contribution is 2.38. The third-order valence-corrected chi connectivity index (χ3v) is 5.65. The molecule has 3 aromatic carbocycles. The van der Waals surface area contributed by atoms with Crippen molar-refractivity contribution in [3.8, 4) is 0 Å². The molecule has 1 atom stereocenters. The third-order valence-electron chi connectivity index (χ3n) is 5.41. The van der Waals surface area contributed by atoms with E-state index >= 15 is 0 Å². The number of likely N-dealkylation sites (N-methyl/N-ethyl adjacent to an activating group) is 1. The zero-order chi connectivity index (χ0) is 26.1. The molecule has 0 heterocycles. The van der Waals surface area contributed by atoms with Crippen LogP contribution < -0.4 is 4.90 Å². The molecule has 1 unspecified atom stereocenters. The average Bonchev–Trinajstić information content (AvgIpc) is 2.81. The predicted octanol–water partition coefficient (Wildman–Crippen LogP) is 7.38. The van der Waals surface area contributed by atoms with Crippen LogP contribution in [0.1, 0.15) is 45.5 Å². The summed E-state index contributed by atoms with van der Waals surface area (Å²) in [4.78, 5) is 27.2. The van der Waals surface area contributed by atoms with E-state index in [1.165, 1.54) is 32.2 Å². The molecular formula is C25H18ClF6NO2. The van der Waals surface area contributed by atoms with Gasteiger partial charge in [-0.3, -0.25) is 9.59 Å². The molecule has 0 saturated heterocycles. The van der Waals surface area contributed by atoms with Gasteiger partial charge in [-0.1, -0.05) is 41.9 Å². The first-order valence-electron chi connectivity index (χ1n) is 10.2. The molecule has 0 aliphatic carbocycles. The van der Waals surface area contributed by atoms with Crippen molar-refractivity contribution in [1.29, 1.82) is 0 Å². The molecule has 0 aliphatic rings. The number of hydrogen-bond donors (Lipinski definition) is 0. The Morgan fingerprint density at radius 1 is 0.829 bits per heavy atom. The molecule has 0 bridgehead atoms. The highest BCUT2D eigenvalue weighted by Gasteiger charge is 2.38. The van der Waals surface area contributed by atoms with Crippen LogP contribution in [0, 0.1) is 0 Å². The minimum Gasteiger partial charge on any atom is -0.314 e. The quantitative estimate of drug-likeness (QED) is 0.264. The maximum atomic E-state index is 13.3. The van der Waals surface area contributed by atoms with Gasteiger partial charge in [0.1, 0.15) is 0 Å². The first kappa shape index (κ1) is 26.3. The van der Waals surface area contributed by atoms with Crippen molar-refractivity contribution < 1.29 is 35.9 Å². The number of rotatable bonds is 5. The molecule has 0 spiro atoms. The van der Waals surface area contributed by atoms with E-state index in [9.17, 15) is 35.9 Å². The average molecular weight is 514 g/mol. The third kappa shape index (κ3) is 5.85. The van der Waals surface area contributed by atoms with Crippen LogP contribution in [0.25, 0.3) is 0 Å². The number of ketones is 1. The Morgan fingerprint density at radius 2 is 1.37 bits per heavy atom. The Labute approximate surface area is 201 Å². The van der Waals surface area contributed by atoms with E-state index in [2.05, 4.69) is 0 Å². The summed E-state index contributed by atoms with van der Waals surface area (Å²) in [5, 5.41) is 0.203. The molecule has 3 nitrogen and oxygen atoms in total. The number of amides is 1. The number of hydrogen-bond acceptors (Lipinski definition) is 2. The maximum Gasteiger partial charge on any atom is 0.416 e. The number of carbonyl (C=O) groups is 2. The van der Waals surface area contributed by atoms with Crippen LogP contribution in [0.5, 0.6) is 0 Å². The molecule has 10 heteroatoms. The number of anilines is 1. The maximum absolute atomic E-state index is 13.3. The number of halogens is 7. The lowest BCUT2D eigenvalue weighted by molar-refractivity contribution is -0.143. The minimum atomic E-state index is -5.05. The van der Waals surface area contributed by atoms with Crippen molar-refractivity contribution in [2.24, 2.45) is 0 Å². The fourth-order valence-electron chi connectivity index (χ4n) is 3.51. The zero-order valence-corrected chi connectivity index (χ0v) is 19.1. The summed E-state index contributed by atoms with van der Waals surface area (Å²) in [6.07, 6.45) is -10.1. The first-order chi connectivity index (χ1) is 16.2. The summed E-state index contributed by atoms with van der Waals surface area (Å²) >= 11 is 6.04. The monoisotopic (exact) mass is 513 g/mol. The lowest BCUT2D eigenvalue weighted by atomic mass is 9.94. The second-order valence-electron chi connectivity index (χ2n) is 7.81. The van der Waals surface area contributed by atoms with Crippen LogP contribution >= 0.6 is 11.6 Å². The molecule has 35 heavy (non-hydrogen) atoms. The molecular weight excluding hydrogens is 496 g/mol. The SMILES string of the molecule is CC(C(=O)N(C)c1ccc(Cl)cc1C(=O)c1ccccc1)c1cc(C(F)(F)F)cc(C(F)(F)F)c1. The normalized spacial score (nSPS) is 12.8. The van der Waals surface area contributed by atoms with Crippen LogP contribution in [-0.2, 0) is 17.1 Å². The van der Waals surface area contributed by atoms with Crippen molar-refractivity contribution in [1.82, 2.24) is 0 Å². The Kier molecular flexibility index (Phi) is 7.31. The predicted molar refractivity (Wildman–Crippen MR) is 120 cm³/mol. The first-order valence-corrected chi connectivity index (χ1v) is 10.5. The summed E-state index contributed by atoms with van der Waals surface area (Å²) in [7, 11) is 1.28. The van der Waals surface area contributed by atoms with E-state index in [4.69, 9.17) is 11.6 Å². The highest BCUT2D eigenvalue weighted by atomic mass is 35.5. The fraction of sp³-hybridized carbons (Fsp3) is 0.200. The highest BCUT2D eigenvalue weighted by molar-refractivity contribution is 6.31. The topological polar surface area (TPSA) is 37.4 Å². The van der Waals surface area contributed by atoms with E-state index in [1.807, 2.05) is 0 Å². The van der Waals surface area contributed by atoms with E-state index in [1.54, 1.807) is 30.3 Å². The van der Waals surface area contributed by atoms with Crippen molar-refractivity contribution in [3.05, 3.63) is 99.6 Å². The Hall–Kier alpha value is -3.33. The lowest BCUT2D eigenvalue weighted by Gasteiger charge is -2.25. The van der Waals surface area contributed by atoms with Gasteiger partial charge in [0, 0.05) is 23.2 Å². The molecule has 0 N–H and O–H groups in total. The molecule has 3 aromatic rings. The summed E-state index contributed by atoms with van der Waals surface area (Å²) in [5.74, 6) is -2.67. The van der Waals surface area contributed by atoms with Crippen LogP contribution in [0.15, 0.2) is 66.7 Å². The number of benzene rings is 3. The van der Waals surface area contributed by atoms with Gasteiger partial charge in [0.2, 0.25) is 5.91 Å². The molecule has 0 fully saturated rings. The van der Waals surface area contributed by atoms with Crippen molar-refractivity contribution in [3.63, 3.8) is 0 Å². The minimum absolute atomic E-state index is 0.000236. The van der Waals surface area contributed by atoms with Gasteiger partial charge >= 0.3 is 12.4 Å². The largest absolute Gasteiger partial charge is 0.416 e. The molecule has 0 saturated carbocycles. The van der Waals surface area contributed by atoms with E-state index < -0.39 is 46.7 Å². The van der Waals surface area contributed by atoms with E-state index in [0.717, 1.165) is 4.90 Å². The number of carbonyl (C=O) groups excluding carboxylic acids is 2. The second kappa shape index (κ2) is 9.73. The second-order valence-corrected chi connectivity index (χ2v) is 8.25. The standard InChI is InChI=1S/C25H18ClF6NO2/c1-14(16-10-17(24(27,28)29)12-18(11-16)25(30,31)32)23(35)33(2)21-9-8-19(26)13-20(21)22(34)15-6-4-3-5-7-15/h3-14H,1-2H3. The number of nitrogens with zero attached hydrogens (tertiary/aromatic N) is 1. The molecule has 0 aromatic heterocycles. The molecule has 3 rings (SSSR count). The Balaban J connectivity index is 2.03. The van der Waals surface area contributed by atoms with Gasteiger partial charge in [-0.25, -0.2) is 0 Å². The summed E-state index contributed by atoms with van der Waals surface area (Å²) in [6, 6.07) is 13.3.